The highest BCUT2D eigenvalue weighted by Gasteiger charge is 2.07. The van der Waals surface area contributed by atoms with Crippen molar-refractivity contribution in [2.75, 3.05) is 4.90 Å². The van der Waals surface area contributed by atoms with Gasteiger partial charge < -0.3 is 0 Å². The summed E-state index contributed by atoms with van der Waals surface area (Å²) in [5.41, 5.74) is 0.759. The Morgan fingerprint density at radius 2 is 2.00 bits per heavy atom. The van der Waals surface area contributed by atoms with Crippen molar-refractivity contribution in [2.24, 2.45) is 0 Å². The zero-order valence-corrected chi connectivity index (χ0v) is 9.45. The van der Waals surface area contributed by atoms with E-state index >= 15 is 0 Å². The highest BCUT2D eigenvalue weighted by Crippen LogP contribution is 2.12. The average molecular weight is 222 g/mol. The van der Waals surface area contributed by atoms with E-state index in [-0.39, 0.29) is 11.3 Å². The maximum absolute atomic E-state index is 11.3. The van der Waals surface area contributed by atoms with Crippen LogP contribution in [0.25, 0.3) is 0 Å². The van der Waals surface area contributed by atoms with Crippen LogP contribution in [-0.2, 0) is 4.79 Å². The minimum Gasteiger partial charge on any atom is -0.274 e. The first-order valence-electron chi connectivity index (χ1n) is 4.62. The fourth-order valence-corrected chi connectivity index (χ4v) is 1.10. The molecule has 78 valence electrons. The van der Waals surface area contributed by atoms with Crippen molar-refractivity contribution in [2.45, 2.75) is 19.2 Å². The van der Waals surface area contributed by atoms with Gasteiger partial charge in [-0.25, -0.2) is 4.90 Å². The van der Waals surface area contributed by atoms with Crippen LogP contribution < -0.4 is 4.90 Å². The molecule has 0 spiro atoms. The van der Waals surface area contributed by atoms with Crippen LogP contribution in [-0.4, -0.2) is 11.3 Å². The van der Waals surface area contributed by atoms with Gasteiger partial charge in [0.2, 0.25) is 5.91 Å². The second-order valence-corrected chi connectivity index (χ2v) is 3.72. The Labute approximate surface area is 94.8 Å². The predicted molar refractivity (Wildman–Crippen MR) is 62.7 cm³/mol. The second kappa shape index (κ2) is 5.43. The Morgan fingerprint density at radius 3 is 2.47 bits per heavy atom. The molecule has 3 heteroatoms. The smallest absolute Gasteiger partial charge is 0.235 e. The molecule has 0 saturated carbocycles. The van der Waals surface area contributed by atoms with Crippen molar-refractivity contribution in [3.8, 4) is 12.0 Å². The molecule has 0 aliphatic rings. The Kier molecular flexibility index (Phi) is 4.20. The number of carbonyl (C=O) groups is 1. The normalized spacial score (nSPS) is 11.1. The lowest BCUT2D eigenvalue weighted by molar-refractivity contribution is -0.115. The largest absolute Gasteiger partial charge is 0.274 e. The van der Waals surface area contributed by atoms with Gasteiger partial charge in [0.05, 0.1) is 11.1 Å². The molecule has 1 aromatic rings. The monoisotopic (exact) mass is 221 g/mol. The molecule has 0 fully saturated rings. The van der Waals surface area contributed by atoms with E-state index in [1.54, 1.807) is 6.92 Å². The summed E-state index contributed by atoms with van der Waals surface area (Å²) in [5, 5.41) is -0.268. The van der Waals surface area contributed by atoms with Gasteiger partial charge in [-0.1, -0.05) is 24.1 Å². The van der Waals surface area contributed by atoms with E-state index in [2.05, 4.69) is 12.0 Å². The number of hydrogen-bond acceptors (Lipinski definition) is 1. The number of hydrogen-bond donors (Lipinski definition) is 0. The van der Waals surface area contributed by atoms with Gasteiger partial charge in [-0.05, 0) is 19.1 Å². The van der Waals surface area contributed by atoms with Crippen LogP contribution >= 0.6 is 11.6 Å². The summed E-state index contributed by atoms with van der Waals surface area (Å²) in [4.78, 5) is 12.7. The third-order valence-electron chi connectivity index (χ3n) is 1.70. The van der Waals surface area contributed by atoms with E-state index < -0.39 is 0 Å². The Balaban J connectivity index is 2.96. The van der Waals surface area contributed by atoms with Crippen LogP contribution in [0.3, 0.4) is 0 Å². The van der Waals surface area contributed by atoms with Crippen molar-refractivity contribution in [1.82, 2.24) is 0 Å². The molecule has 1 atom stereocenters. The molecule has 0 aliphatic heterocycles. The number of nitrogens with zero attached hydrogens (tertiary/aromatic N) is 1. The average Bonchev–Trinajstić information content (AvgIpc) is 2.18. The number of alkyl halides is 1. The second-order valence-electron chi connectivity index (χ2n) is 3.06. The van der Waals surface area contributed by atoms with Crippen molar-refractivity contribution in [3.63, 3.8) is 0 Å². The summed E-state index contributed by atoms with van der Waals surface area (Å²) in [6, 6.07) is 12.0. The number of anilines is 1. The first-order valence-corrected chi connectivity index (χ1v) is 5.06. The molecular formula is C12H12ClNO. The Hall–Kier alpha value is -1.46. The molecule has 0 saturated heterocycles. The van der Waals surface area contributed by atoms with E-state index in [4.69, 9.17) is 11.6 Å². The number of carbonyl (C=O) groups excluding carboxylic acids is 1. The van der Waals surface area contributed by atoms with E-state index in [1.165, 1.54) is 11.8 Å². The maximum atomic E-state index is 11.3. The lowest BCUT2D eigenvalue weighted by Gasteiger charge is -2.12. The van der Waals surface area contributed by atoms with Crippen LogP contribution in [0, 0.1) is 12.0 Å². The van der Waals surface area contributed by atoms with E-state index in [9.17, 15) is 4.79 Å². The fraction of sp³-hybridized carbons (Fsp3) is 0.250. The maximum Gasteiger partial charge on any atom is 0.235 e. The number of rotatable bonds is 1. The summed E-state index contributed by atoms with van der Waals surface area (Å²) in [5.74, 6) is 2.63. The van der Waals surface area contributed by atoms with Gasteiger partial charge in [-0.2, -0.15) is 0 Å². The van der Waals surface area contributed by atoms with E-state index in [0.717, 1.165) is 5.69 Å². The molecule has 0 bridgehead atoms. The lowest BCUT2D eigenvalue weighted by Crippen LogP contribution is -2.22. The molecule has 1 aromatic carbocycles. The SMILES string of the molecule is CC(=O)N(C#CC(C)Cl)c1ccccc1. The number of benzene rings is 1. The van der Waals surface area contributed by atoms with Crippen molar-refractivity contribution in [1.29, 1.82) is 0 Å². The van der Waals surface area contributed by atoms with Crippen molar-refractivity contribution >= 4 is 23.2 Å². The minimum absolute atomic E-state index is 0.119. The van der Waals surface area contributed by atoms with Gasteiger partial charge in [0.25, 0.3) is 0 Å². The Bertz CT molecular complexity index is 389. The lowest BCUT2D eigenvalue weighted by atomic mass is 10.3. The van der Waals surface area contributed by atoms with Crippen molar-refractivity contribution < 1.29 is 4.79 Å². The molecule has 0 aromatic heterocycles. The zero-order chi connectivity index (χ0) is 11.3. The van der Waals surface area contributed by atoms with E-state index in [1.807, 2.05) is 30.3 Å². The van der Waals surface area contributed by atoms with Crippen LogP contribution in [0.1, 0.15) is 13.8 Å². The zero-order valence-electron chi connectivity index (χ0n) is 8.70. The topological polar surface area (TPSA) is 20.3 Å². The molecule has 1 amide bonds. The van der Waals surface area contributed by atoms with Crippen LogP contribution in [0.2, 0.25) is 0 Å². The molecule has 1 rings (SSSR count). The quantitative estimate of drug-likeness (QED) is 0.406. The highest BCUT2D eigenvalue weighted by atomic mass is 35.5. The molecule has 0 heterocycles. The number of halogens is 1. The van der Waals surface area contributed by atoms with Crippen molar-refractivity contribution in [3.05, 3.63) is 30.3 Å². The minimum atomic E-state index is -0.268. The molecule has 2 nitrogen and oxygen atoms in total. The van der Waals surface area contributed by atoms with Gasteiger partial charge in [-0.15, -0.1) is 11.6 Å². The highest BCUT2D eigenvalue weighted by molar-refractivity contribution is 6.22. The van der Waals surface area contributed by atoms with Crippen LogP contribution in [0.5, 0.6) is 0 Å². The van der Waals surface area contributed by atoms with Crippen LogP contribution in [0.4, 0.5) is 5.69 Å². The summed E-state index contributed by atoms with van der Waals surface area (Å²) >= 11 is 5.70. The standard InChI is InChI=1S/C12H12ClNO/c1-10(13)8-9-14(11(2)15)12-6-4-3-5-7-12/h3-7,10H,1-2H3. The number of amides is 1. The third-order valence-corrected chi connectivity index (χ3v) is 1.81. The third kappa shape index (κ3) is 3.65. The molecule has 0 N–H and O–H groups in total. The predicted octanol–water partition coefficient (Wildman–Crippen LogP) is 2.63. The summed E-state index contributed by atoms with van der Waals surface area (Å²) in [6.07, 6.45) is 0. The molecule has 15 heavy (non-hydrogen) atoms. The van der Waals surface area contributed by atoms with Gasteiger partial charge in [0.1, 0.15) is 0 Å². The number of para-hydroxylation sites is 1. The molecular weight excluding hydrogens is 210 g/mol. The molecule has 0 aliphatic carbocycles. The fourth-order valence-electron chi connectivity index (χ4n) is 1.06. The Morgan fingerprint density at radius 1 is 1.40 bits per heavy atom. The first-order chi connectivity index (χ1) is 7.11. The van der Waals surface area contributed by atoms with Gasteiger partial charge in [-0.3, -0.25) is 4.79 Å². The van der Waals surface area contributed by atoms with Gasteiger partial charge in [0, 0.05) is 13.0 Å². The summed E-state index contributed by atoms with van der Waals surface area (Å²) in [6.45, 7) is 3.23. The van der Waals surface area contributed by atoms with Gasteiger partial charge >= 0.3 is 0 Å². The van der Waals surface area contributed by atoms with Gasteiger partial charge in [0.15, 0.2) is 0 Å². The molecule has 0 radical (unpaired) electrons. The van der Waals surface area contributed by atoms with E-state index in [0.29, 0.717) is 0 Å². The molecule has 1 unspecified atom stereocenters. The van der Waals surface area contributed by atoms with Crippen LogP contribution in [0.15, 0.2) is 30.3 Å². The summed E-state index contributed by atoms with van der Waals surface area (Å²) < 4.78 is 0. The first kappa shape index (κ1) is 11.6. The summed E-state index contributed by atoms with van der Waals surface area (Å²) in [7, 11) is 0.